The van der Waals surface area contributed by atoms with E-state index in [2.05, 4.69) is 21.2 Å². The second-order valence-corrected chi connectivity index (χ2v) is 4.95. The quantitative estimate of drug-likeness (QED) is 0.713. The number of rotatable bonds is 6. The molecule has 0 spiro atoms. The Labute approximate surface area is 123 Å². The van der Waals surface area contributed by atoms with E-state index in [-0.39, 0.29) is 6.54 Å². The van der Waals surface area contributed by atoms with Crippen molar-refractivity contribution < 1.29 is 18.4 Å². The SMILES string of the molecule is NCC(F)(F)CNC(=O)CNC(=O)c1cccc(Br)c1. The lowest BCUT2D eigenvalue weighted by molar-refractivity contribution is -0.121. The molecular formula is C12H14BrF2N3O2. The van der Waals surface area contributed by atoms with Gasteiger partial charge in [-0.15, -0.1) is 0 Å². The fraction of sp³-hybridized carbons (Fsp3) is 0.333. The van der Waals surface area contributed by atoms with Crippen LogP contribution in [0.25, 0.3) is 0 Å². The normalized spacial score (nSPS) is 11.0. The molecule has 5 nitrogen and oxygen atoms in total. The van der Waals surface area contributed by atoms with Gasteiger partial charge in [0.15, 0.2) is 0 Å². The fourth-order valence-electron chi connectivity index (χ4n) is 1.25. The van der Waals surface area contributed by atoms with Crippen molar-refractivity contribution in [2.45, 2.75) is 5.92 Å². The zero-order valence-electron chi connectivity index (χ0n) is 10.5. The van der Waals surface area contributed by atoms with Crippen molar-refractivity contribution >= 4 is 27.7 Å². The topological polar surface area (TPSA) is 84.2 Å². The second kappa shape index (κ2) is 7.30. The molecule has 0 unspecified atom stereocenters. The van der Waals surface area contributed by atoms with E-state index in [1.807, 2.05) is 5.32 Å². The van der Waals surface area contributed by atoms with Gasteiger partial charge >= 0.3 is 0 Å². The minimum Gasteiger partial charge on any atom is -0.348 e. The summed E-state index contributed by atoms with van der Waals surface area (Å²) in [5.41, 5.74) is 5.19. The highest BCUT2D eigenvalue weighted by atomic mass is 79.9. The molecule has 1 rings (SSSR count). The average Bonchev–Trinajstić information content (AvgIpc) is 2.42. The highest BCUT2D eigenvalue weighted by Crippen LogP contribution is 2.11. The Kier molecular flexibility index (Phi) is 6.03. The van der Waals surface area contributed by atoms with Crippen molar-refractivity contribution in [2.75, 3.05) is 19.6 Å². The van der Waals surface area contributed by atoms with E-state index < -0.39 is 30.8 Å². The van der Waals surface area contributed by atoms with Crippen molar-refractivity contribution in [3.05, 3.63) is 34.3 Å². The number of alkyl halides is 2. The van der Waals surface area contributed by atoms with E-state index in [9.17, 15) is 18.4 Å². The highest BCUT2D eigenvalue weighted by Gasteiger charge is 2.27. The first-order valence-electron chi connectivity index (χ1n) is 5.72. The molecule has 0 bridgehead atoms. The van der Waals surface area contributed by atoms with Crippen LogP contribution in [0.1, 0.15) is 10.4 Å². The van der Waals surface area contributed by atoms with Gasteiger partial charge in [-0.05, 0) is 18.2 Å². The molecule has 1 aromatic carbocycles. The summed E-state index contributed by atoms with van der Waals surface area (Å²) in [5.74, 6) is -4.32. The van der Waals surface area contributed by atoms with Gasteiger partial charge in [-0.2, -0.15) is 0 Å². The smallest absolute Gasteiger partial charge is 0.277 e. The third-order valence-electron chi connectivity index (χ3n) is 2.34. The van der Waals surface area contributed by atoms with Crippen LogP contribution in [-0.4, -0.2) is 37.4 Å². The molecule has 4 N–H and O–H groups in total. The summed E-state index contributed by atoms with van der Waals surface area (Å²) >= 11 is 3.21. The maximum atomic E-state index is 12.8. The molecule has 1 aromatic rings. The third-order valence-corrected chi connectivity index (χ3v) is 2.83. The molecule has 2 amide bonds. The number of hydrogen-bond donors (Lipinski definition) is 3. The van der Waals surface area contributed by atoms with Gasteiger partial charge in [-0.3, -0.25) is 9.59 Å². The first-order valence-corrected chi connectivity index (χ1v) is 6.52. The molecule has 8 heteroatoms. The minimum absolute atomic E-state index is 0.361. The number of amides is 2. The second-order valence-electron chi connectivity index (χ2n) is 4.03. The van der Waals surface area contributed by atoms with Crippen LogP contribution in [0.5, 0.6) is 0 Å². The first kappa shape index (κ1) is 16.5. The van der Waals surface area contributed by atoms with Gasteiger partial charge in [0.2, 0.25) is 5.91 Å². The molecule has 0 aliphatic heterocycles. The van der Waals surface area contributed by atoms with Gasteiger partial charge in [0, 0.05) is 10.0 Å². The Morgan fingerprint density at radius 2 is 2.00 bits per heavy atom. The summed E-state index contributed by atoms with van der Waals surface area (Å²) in [7, 11) is 0. The van der Waals surface area contributed by atoms with Crippen LogP contribution in [-0.2, 0) is 4.79 Å². The van der Waals surface area contributed by atoms with Crippen LogP contribution in [0.3, 0.4) is 0 Å². The summed E-state index contributed by atoms with van der Waals surface area (Å²) < 4.78 is 26.3. The summed E-state index contributed by atoms with van der Waals surface area (Å²) in [6, 6.07) is 6.57. The molecule has 0 aliphatic rings. The van der Waals surface area contributed by atoms with E-state index in [4.69, 9.17) is 5.73 Å². The molecule has 110 valence electrons. The lowest BCUT2D eigenvalue weighted by Gasteiger charge is -2.14. The monoisotopic (exact) mass is 349 g/mol. The number of nitrogens with one attached hydrogen (secondary N) is 2. The Balaban J connectivity index is 2.40. The highest BCUT2D eigenvalue weighted by molar-refractivity contribution is 9.10. The van der Waals surface area contributed by atoms with Crippen molar-refractivity contribution in [2.24, 2.45) is 5.73 Å². The molecule has 0 atom stereocenters. The van der Waals surface area contributed by atoms with Crippen LogP contribution >= 0.6 is 15.9 Å². The van der Waals surface area contributed by atoms with E-state index >= 15 is 0 Å². The van der Waals surface area contributed by atoms with Gasteiger partial charge in [0.1, 0.15) is 0 Å². The maximum Gasteiger partial charge on any atom is 0.277 e. The van der Waals surface area contributed by atoms with Crippen LogP contribution in [0.15, 0.2) is 28.7 Å². The molecule has 0 aromatic heterocycles. The Hall–Kier alpha value is -1.54. The fourth-order valence-corrected chi connectivity index (χ4v) is 1.65. The Morgan fingerprint density at radius 1 is 1.30 bits per heavy atom. The summed E-state index contributed by atoms with van der Waals surface area (Å²) in [6.45, 7) is -2.08. The predicted octanol–water partition coefficient (Wildman–Crippen LogP) is 0.889. The average molecular weight is 350 g/mol. The van der Waals surface area contributed by atoms with Gasteiger partial charge in [0.05, 0.1) is 19.6 Å². The molecule has 0 heterocycles. The summed E-state index contributed by atoms with van der Waals surface area (Å²) in [6.07, 6.45) is 0. The van der Waals surface area contributed by atoms with Gasteiger partial charge in [0.25, 0.3) is 11.8 Å². The lowest BCUT2D eigenvalue weighted by atomic mass is 10.2. The molecule has 0 saturated carbocycles. The maximum absolute atomic E-state index is 12.8. The van der Waals surface area contributed by atoms with Gasteiger partial charge in [-0.1, -0.05) is 22.0 Å². The van der Waals surface area contributed by atoms with Crippen LogP contribution in [0.4, 0.5) is 8.78 Å². The predicted molar refractivity (Wildman–Crippen MR) is 73.5 cm³/mol. The number of halogens is 3. The van der Waals surface area contributed by atoms with Gasteiger partial charge in [-0.25, -0.2) is 8.78 Å². The van der Waals surface area contributed by atoms with E-state index in [0.29, 0.717) is 5.56 Å². The number of hydrogen-bond acceptors (Lipinski definition) is 3. The number of carbonyl (C=O) groups excluding carboxylic acids is 2. The number of benzene rings is 1. The molecule has 0 aliphatic carbocycles. The molecule has 0 saturated heterocycles. The lowest BCUT2D eigenvalue weighted by Crippen LogP contribution is -2.45. The molecule has 0 radical (unpaired) electrons. The van der Waals surface area contributed by atoms with Crippen molar-refractivity contribution in [3.8, 4) is 0 Å². The standard InChI is InChI=1S/C12H14BrF2N3O2/c13-9-3-1-2-8(4-9)11(20)17-5-10(19)18-7-12(14,15)6-16/h1-4H,5-7,16H2,(H,17,20)(H,18,19). The van der Waals surface area contributed by atoms with E-state index in [0.717, 1.165) is 4.47 Å². The Morgan fingerprint density at radius 3 is 2.60 bits per heavy atom. The van der Waals surface area contributed by atoms with Crippen molar-refractivity contribution in [1.29, 1.82) is 0 Å². The Bertz CT molecular complexity index is 497. The zero-order valence-corrected chi connectivity index (χ0v) is 12.0. The van der Waals surface area contributed by atoms with Crippen LogP contribution in [0.2, 0.25) is 0 Å². The zero-order chi connectivity index (χ0) is 15.2. The molecule has 0 fully saturated rings. The molecular weight excluding hydrogens is 336 g/mol. The number of nitrogens with two attached hydrogens (primary N) is 1. The van der Waals surface area contributed by atoms with Gasteiger partial charge < -0.3 is 16.4 Å². The first-order chi connectivity index (χ1) is 9.34. The largest absolute Gasteiger partial charge is 0.348 e. The van der Waals surface area contributed by atoms with Crippen LogP contribution < -0.4 is 16.4 Å². The third kappa shape index (κ3) is 5.62. The number of carbonyl (C=O) groups is 2. The van der Waals surface area contributed by atoms with Crippen molar-refractivity contribution in [1.82, 2.24) is 10.6 Å². The molecule has 20 heavy (non-hydrogen) atoms. The summed E-state index contributed by atoms with van der Waals surface area (Å²) in [4.78, 5) is 23.0. The van der Waals surface area contributed by atoms with E-state index in [1.54, 1.807) is 24.3 Å². The van der Waals surface area contributed by atoms with E-state index in [1.165, 1.54) is 0 Å². The van der Waals surface area contributed by atoms with Crippen molar-refractivity contribution in [3.63, 3.8) is 0 Å². The van der Waals surface area contributed by atoms with Crippen LogP contribution in [0, 0.1) is 0 Å². The summed E-state index contributed by atoms with van der Waals surface area (Å²) in [5, 5.41) is 4.33. The minimum atomic E-state index is -3.15.